The summed E-state index contributed by atoms with van der Waals surface area (Å²) in [5.41, 5.74) is 1.87. The van der Waals surface area contributed by atoms with Crippen LogP contribution in [-0.4, -0.2) is 66.5 Å². The summed E-state index contributed by atoms with van der Waals surface area (Å²) >= 11 is 0. The summed E-state index contributed by atoms with van der Waals surface area (Å²) in [6.45, 7) is 1.10. The Morgan fingerprint density at radius 1 is 1.03 bits per heavy atom. The van der Waals surface area contributed by atoms with Crippen molar-refractivity contribution in [3.8, 4) is 16.9 Å². The Kier molecular flexibility index (Phi) is 6.50. The largest absolute Gasteiger partial charge is 0.490 e. The molecule has 1 aliphatic heterocycles. The number of ether oxygens (including phenoxy) is 1. The number of sulfonamides is 1. The minimum absolute atomic E-state index is 0.0735. The highest BCUT2D eigenvalue weighted by molar-refractivity contribution is 7.89. The quantitative estimate of drug-likeness (QED) is 0.561. The van der Waals surface area contributed by atoms with Crippen LogP contribution in [0, 0.1) is 0 Å². The van der Waals surface area contributed by atoms with Crippen LogP contribution in [0.2, 0.25) is 0 Å². The highest BCUT2D eigenvalue weighted by atomic mass is 32.2. The number of rotatable bonds is 6. The van der Waals surface area contributed by atoms with E-state index in [1.54, 1.807) is 33.3 Å². The van der Waals surface area contributed by atoms with Crippen molar-refractivity contribution < 1.29 is 13.2 Å². The molecule has 35 heavy (non-hydrogen) atoms. The number of nitrogens with one attached hydrogen (secondary N) is 1. The summed E-state index contributed by atoms with van der Waals surface area (Å²) in [7, 11) is 2.47. The normalized spacial score (nSPS) is 21.7. The van der Waals surface area contributed by atoms with Gasteiger partial charge in [-0.15, -0.1) is 0 Å². The zero-order chi connectivity index (χ0) is 24.7. The van der Waals surface area contributed by atoms with E-state index in [9.17, 15) is 13.2 Å². The molecule has 8 nitrogen and oxygen atoms in total. The van der Waals surface area contributed by atoms with Crippen LogP contribution in [0.1, 0.15) is 38.5 Å². The highest BCUT2D eigenvalue weighted by Crippen LogP contribution is 2.39. The average Bonchev–Trinajstić information content (AvgIpc) is 3.49. The van der Waals surface area contributed by atoms with Gasteiger partial charge in [-0.25, -0.2) is 8.42 Å². The van der Waals surface area contributed by atoms with Crippen molar-refractivity contribution in [1.29, 1.82) is 0 Å². The number of hydrogen-bond acceptors (Lipinski definition) is 5. The molecule has 1 aromatic carbocycles. The second kappa shape index (κ2) is 9.44. The van der Waals surface area contributed by atoms with Crippen LogP contribution < -0.4 is 10.3 Å². The van der Waals surface area contributed by atoms with E-state index in [2.05, 4.69) is 24.0 Å². The number of aromatic nitrogens is 2. The molecule has 1 saturated carbocycles. The number of aryl methyl sites for hydroxylation is 1. The van der Waals surface area contributed by atoms with Crippen molar-refractivity contribution in [2.45, 2.75) is 55.6 Å². The SMILES string of the molecule is Cn1cc(-c2cc(S(=O)(=O)N3CCCC3)ccc2O[C@H]2CC[C@H](N(C)C)CC2)c2cc[nH]c(=O)c21. The Morgan fingerprint density at radius 2 is 1.74 bits per heavy atom. The van der Waals surface area contributed by atoms with Gasteiger partial charge in [-0.05, 0) is 76.9 Å². The molecule has 0 radical (unpaired) electrons. The minimum Gasteiger partial charge on any atom is -0.490 e. The second-order valence-electron chi connectivity index (χ2n) is 10.0. The fourth-order valence-corrected chi connectivity index (χ4v) is 7.04. The minimum atomic E-state index is -3.59. The van der Waals surface area contributed by atoms with Crippen molar-refractivity contribution in [1.82, 2.24) is 18.8 Å². The standard InChI is InChI=1S/C26H34N4O4S/c1-28(2)18-6-8-19(9-7-18)34-24-11-10-20(35(32,33)30-14-4-5-15-30)16-22(24)23-17-29(3)25-21(23)12-13-27-26(25)31/h10-13,16-19H,4-9,14-15H2,1-3H3,(H,27,31)/t18-,19-. The topological polar surface area (TPSA) is 87.6 Å². The van der Waals surface area contributed by atoms with Crippen LogP contribution >= 0.6 is 0 Å². The number of H-pyrrole nitrogens is 1. The Hall–Kier alpha value is -2.62. The van der Waals surface area contributed by atoms with Crippen LogP contribution in [0.25, 0.3) is 22.0 Å². The van der Waals surface area contributed by atoms with Gasteiger partial charge in [-0.2, -0.15) is 4.31 Å². The molecular weight excluding hydrogens is 464 g/mol. The second-order valence-corrected chi connectivity index (χ2v) is 11.9. The summed E-state index contributed by atoms with van der Waals surface area (Å²) < 4.78 is 36.6. The van der Waals surface area contributed by atoms with Crippen LogP contribution in [0.15, 0.2) is 46.3 Å². The lowest BCUT2D eigenvalue weighted by Gasteiger charge is -2.33. The molecule has 0 unspecified atom stereocenters. The maximum atomic E-state index is 13.4. The smallest absolute Gasteiger partial charge is 0.272 e. The van der Waals surface area contributed by atoms with E-state index in [-0.39, 0.29) is 16.6 Å². The van der Waals surface area contributed by atoms with Crippen molar-refractivity contribution >= 4 is 20.9 Å². The molecule has 3 heterocycles. The molecule has 0 bridgehead atoms. The first-order chi connectivity index (χ1) is 16.8. The molecule has 1 N–H and O–H groups in total. The Morgan fingerprint density at radius 3 is 2.43 bits per heavy atom. The number of pyridine rings is 1. The number of benzene rings is 1. The lowest BCUT2D eigenvalue weighted by Crippen LogP contribution is -2.35. The summed E-state index contributed by atoms with van der Waals surface area (Å²) in [5, 5.41) is 0.771. The summed E-state index contributed by atoms with van der Waals surface area (Å²) in [6.07, 6.45) is 9.39. The van der Waals surface area contributed by atoms with Crippen LogP contribution in [0.3, 0.4) is 0 Å². The zero-order valence-electron chi connectivity index (χ0n) is 20.7. The van der Waals surface area contributed by atoms with E-state index in [1.807, 2.05) is 19.3 Å². The maximum Gasteiger partial charge on any atom is 0.272 e. The van der Waals surface area contributed by atoms with Crippen molar-refractivity contribution in [3.05, 3.63) is 47.0 Å². The number of fused-ring (bicyclic) bond motifs is 1. The van der Waals surface area contributed by atoms with Gasteiger partial charge in [0, 0.05) is 55.1 Å². The van der Waals surface area contributed by atoms with Gasteiger partial charge < -0.3 is 19.2 Å². The van der Waals surface area contributed by atoms with E-state index in [4.69, 9.17) is 4.74 Å². The molecule has 2 aromatic heterocycles. The third-order valence-electron chi connectivity index (χ3n) is 7.51. The lowest BCUT2D eigenvalue weighted by molar-refractivity contribution is 0.111. The highest BCUT2D eigenvalue weighted by Gasteiger charge is 2.30. The van der Waals surface area contributed by atoms with Gasteiger partial charge in [-0.1, -0.05) is 0 Å². The molecule has 188 valence electrons. The van der Waals surface area contributed by atoms with E-state index >= 15 is 0 Å². The monoisotopic (exact) mass is 498 g/mol. The first-order valence-corrected chi connectivity index (χ1v) is 13.8. The van der Waals surface area contributed by atoms with Crippen molar-refractivity contribution in [2.75, 3.05) is 27.2 Å². The van der Waals surface area contributed by atoms with Crippen molar-refractivity contribution in [3.63, 3.8) is 0 Å². The van der Waals surface area contributed by atoms with Crippen LogP contribution in [0.5, 0.6) is 5.75 Å². The first kappa shape index (κ1) is 24.1. The number of nitrogens with zero attached hydrogens (tertiary/aromatic N) is 3. The average molecular weight is 499 g/mol. The Balaban J connectivity index is 1.58. The van der Waals surface area contributed by atoms with Gasteiger partial charge in [0.25, 0.3) is 5.56 Å². The molecule has 9 heteroatoms. The zero-order valence-corrected chi connectivity index (χ0v) is 21.5. The summed E-state index contributed by atoms with van der Waals surface area (Å²) in [4.78, 5) is 17.8. The number of aromatic amines is 1. The predicted octanol–water partition coefficient (Wildman–Crippen LogP) is 3.57. The molecule has 1 aliphatic carbocycles. The molecule has 0 atom stereocenters. The Labute approximate surface area is 206 Å². The third kappa shape index (κ3) is 4.52. The van der Waals surface area contributed by atoms with E-state index in [0.717, 1.165) is 49.5 Å². The third-order valence-corrected chi connectivity index (χ3v) is 9.41. The van der Waals surface area contributed by atoms with Gasteiger partial charge >= 0.3 is 0 Å². The molecule has 1 saturated heterocycles. The maximum absolute atomic E-state index is 13.4. The fraction of sp³-hybridized carbons (Fsp3) is 0.500. The van der Waals surface area contributed by atoms with Crippen molar-refractivity contribution in [2.24, 2.45) is 7.05 Å². The molecular formula is C26H34N4O4S. The molecule has 0 spiro atoms. The van der Waals surface area contributed by atoms with Gasteiger partial charge in [-0.3, -0.25) is 4.79 Å². The van der Waals surface area contributed by atoms with E-state index in [0.29, 0.717) is 36.0 Å². The van der Waals surface area contributed by atoms with Crippen LogP contribution in [-0.2, 0) is 17.1 Å². The van der Waals surface area contributed by atoms with E-state index < -0.39 is 10.0 Å². The summed E-state index contributed by atoms with van der Waals surface area (Å²) in [6, 6.07) is 7.61. The van der Waals surface area contributed by atoms with Gasteiger partial charge in [0.1, 0.15) is 11.3 Å². The molecule has 2 fully saturated rings. The summed E-state index contributed by atoms with van der Waals surface area (Å²) in [5.74, 6) is 0.659. The molecule has 0 amide bonds. The van der Waals surface area contributed by atoms with Gasteiger partial charge in [0.05, 0.1) is 11.0 Å². The predicted molar refractivity (Wildman–Crippen MR) is 137 cm³/mol. The van der Waals surface area contributed by atoms with E-state index in [1.165, 1.54) is 0 Å². The number of hydrogen-bond donors (Lipinski definition) is 1. The molecule has 5 rings (SSSR count). The van der Waals surface area contributed by atoms with Gasteiger partial charge in [0.2, 0.25) is 10.0 Å². The molecule has 3 aromatic rings. The fourth-order valence-electron chi connectivity index (χ4n) is 5.50. The lowest BCUT2D eigenvalue weighted by atomic mass is 9.92. The van der Waals surface area contributed by atoms with Gasteiger partial charge in [0.15, 0.2) is 0 Å². The Bertz CT molecular complexity index is 1380. The van der Waals surface area contributed by atoms with Crippen LogP contribution in [0.4, 0.5) is 0 Å². The first-order valence-electron chi connectivity index (χ1n) is 12.4. The molecule has 2 aliphatic rings.